The molecule has 1 aliphatic rings. The highest BCUT2D eigenvalue weighted by Crippen LogP contribution is 2.19. The second-order valence-corrected chi connectivity index (χ2v) is 7.76. The van der Waals surface area contributed by atoms with E-state index in [1.165, 1.54) is 0 Å². The van der Waals surface area contributed by atoms with Gasteiger partial charge in [0.2, 0.25) is 0 Å². The Balaban J connectivity index is 1.39. The van der Waals surface area contributed by atoms with Gasteiger partial charge in [0, 0.05) is 30.8 Å². The van der Waals surface area contributed by atoms with E-state index >= 15 is 0 Å². The molecule has 160 valence electrons. The number of carbonyl (C=O) groups is 2. The number of aryl methyl sites for hydroxylation is 2. The van der Waals surface area contributed by atoms with Crippen LogP contribution < -0.4 is 5.32 Å². The smallest absolute Gasteiger partial charge is 0.254 e. The lowest BCUT2D eigenvalue weighted by Gasteiger charge is -2.32. The Morgan fingerprint density at radius 3 is 2.32 bits per heavy atom. The average Bonchev–Trinajstić information content (AvgIpc) is 2.74. The summed E-state index contributed by atoms with van der Waals surface area (Å²) in [5.74, 6) is -2.31. The van der Waals surface area contributed by atoms with Crippen LogP contribution in [-0.2, 0) is 0 Å². The Morgan fingerprint density at radius 1 is 0.968 bits per heavy atom. The molecule has 0 saturated carbocycles. The van der Waals surface area contributed by atoms with Gasteiger partial charge in [0.1, 0.15) is 11.6 Å². The first-order chi connectivity index (χ1) is 14.8. The molecule has 1 N–H and O–H groups in total. The van der Waals surface area contributed by atoms with E-state index in [1.54, 1.807) is 23.1 Å². The van der Waals surface area contributed by atoms with Crippen LogP contribution in [0.25, 0.3) is 11.0 Å². The number of hydrogen-bond acceptors (Lipinski definition) is 4. The van der Waals surface area contributed by atoms with Gasteiger partial charge in [-0.2, -0.15) is 0 Å². The fraction of sp³-hybridized carbons (Fsp3) is 0.304. The molecule has 8 heteroatoms. The van der Waals surface area contributed by atoms with E-state index in [2.05, 4.69) is 15.3 Å². The highest BCUT2D eigenvalue weighted by Gasteiger charge is 2.26. The topological polar surface area (TPSA) is 75.2 Å². The van der Waals surface area contributed by atoms with Gasteiger partial charge in [-0.15, -0.1) is 0 Å². The highest BCUT2D eigenvalue weighted by atomic mass is 19.1. The summed E-state index contributed by atoms with van der Waals surface area (Å²) in [7, 11) is 0. The molecule has 3 aromatic rings. The van der Waals surface area contributed by atoms with Crippen LogP contribution in [0.4, 0.5) is 8.78 Å². The molecule has 2 aromatic carbocycles. The number of piperidine rings is 1. The largest absolute Gasteiger partial charge is 0.349 e. The lowest BCUT2D eigenvalue weighted by Crippen LogP contribution is -2.46. The third-order valence-corrected chi connectivity index (χ3v) is 5.62. The summed E-state index contributed by atoms with van der Waals surface area (Å²) < 4.78 is 26.8. The van der Waals surface area contributed by atoms with Crippen molar-refractivity contribution < 1.29 is 18.4 Å². The number of nitrogens with zero attached hydrogens (tertiary/aromatic N) is 3. The van der Waals surface area contributed by atoms with Gasteiger partial charge >= 0.3 is 0 Å². The number of fused-ring (bicyclic) bond motifs is 1. The van der Waals surface area contributed by atoms with Gasteiger partial charge < -0.3 is 10.2 Å². The first kappa shape index (κ1) is 20.8. The second kappa shape index (κ2) is 8.37. The second-order valence-electron chi connectivity index (χ2n) is 7.76. The Bertz CT molecular complexity index is 1170. The number of hydrogen-bond donors (Lipinski definition) is 1. The van der Waals surface area contributed by atoms with E-state index in [1.807, 2.05) is 13.8 Å². The molecule has 2 heterocycles. The van der Waals surface area contributed by atoms with E-state index in [4.69, 9.17) is 0 Å². The van der Waals surface area contributed by atoms with Crippen LogP contribution in [0.15, 0.2) is 36.4 Å². The minimum absolute atomic E-state index is 0.101. The summed E-state index contributed by atoms with van der Waals surface area (Å²) in [6.45, 7) is 4.71. The van der Waals surface area contributed by atoms with Crippen molar-refractivity contribution in [2.45, 2.75) is 32.7 Å². The first-order valence-corrected chi connectivity index (χ1v) is 10.1. The van der Waals surface area contributed by atoms with Crippen molar-refractivity contribution in [1.29, 1.82) is 0 Å². The van der Waals surface area contributed by atoms with Gasteiger partial charge in [-0.3, -0.25) is 9.59 Å². The number of rotatable bonds is 3. The van der Waals surface area contributed by atoms with Gasteiger partial charge in [-0.1, -0.05) is 0 Å². The molecule has 1 fully saturated rings. The molecule has 0 atom stereocenters. The molecule has 0 unspecified atom stereocenters. The number of benzene rings is 2. The predicted octanol–water partition coefficient (Wildman–Crippen LogP) is 3.56. The van der Waals surface area contributed by atoms with E-state index in [9.17, 15) is 18.4 Å². The summed E-state index contributed by atoms with van der Waals surface area (Å²) in [6.07, 6.45) is 1.10. The first-order valence-electron chi connectivity index (χ1n) is 10.1. The minimum Gasteiger partial charge on any atom is -0.349 e. The number of nitrogens with one attached hydrogen (secondary N) is 1. The van der Waals surface area contributed by atoms with Crippen molar-refractivity contribution in [2.75, 3.05) is 13.1 Å². The molecular weight excluding hydrogens is 402 g/mol. The predicted molar refractivity (Wildman–Crippen MR) is 112 cm³/mol. The zero-order chi connectivity index (χ0) is 22.1. The van der Waals surface area contributed by atoms with Crippen molar-refractivity contribution in [3.63, 3.8) is 0 Å². The fourth-order valence-corrected chi connectivity index (χ4v) is 3.71. The van der Waals surface area contributed by atoms with E-state index in [0.29, 0.717) is 43.1 Å². The van der Waals surface area contributed by atoms with E-state index in [0.717, 1.165) is 29.0 Å². The van der Waals surface area contributed by atoms with E-state index in [-0.39, 0.29) is 17.5 Å². The summed E-state index contributed by atoms with van der Waals surface area (Å²) >= 11 is 0. The van der Waals surface area contributed by atoms with Crippen LogP contribution in [0, 0.1) is 25.5 Å². The Kier molecular flexibility index (Phi) is 5.63. The van der Waals surface area contributed by atoms with Crippen LogP contribution >= 0.6 is 0 Å². The molecule has 0 spiro atoms. The van der Waals surface area contributed by atoms with Crippen LogP contribution in [0.2, 0.25) is 0 Å². The molecular formula is C23H22F2N4O2. The van der Waals surface area contributed by atoms with Gasteiger partial charge in [0.05, 0.1) is 28.0 Å². The third kappa shape index (κ3) is 4.38. The minimum atomic E-state index is -0.894. The normalized spacial score (nSPS) is 14.6. The third-order valence-electron chi connectivity index (χ3n) is 5.62. The molecule has 2 amide bonds. The molecule has 31 heavy (non-hydrogen) atoms. The quantitative estimate of drug-likeness (QED) is 0.698. The number of carbonyl (C=O) groups excluding carboxylic acids is 2. The summed E-state index contributed by atoms with van der Waals surface area (Å²) in [4.78, 5) is 36.0. The monoisotopic (exact) mass is 424 g/mol. The Labute approximate surface area is 178 Å². The van der Waals surface area contributed by atoms with Crippen LogP contribution in [0.5, 0.6) is 0 Å². The van der Waals surface area contributed by atoms with Crippen molar-refractivity contribution in [1.82, 2.24) is 20.2 Å². The molecule has 6 nitrogen and oxygen atoms in total. The zero-order valence-electron chi connectivity index (χ0n) is 17.3. The van der Waals surface area contributed by atoms with Gasteiger partial charge in [-0.05, 0) is 57.0 Å². The maximum absolute atomic E-state index is 13.8. The molecule has 1 aromatic heterocycles. The van der Waals surface area contributed by atoms with Crippen molar-refractivity contribution in [3.8, 4) is 0 Å². The molecule has 4 rings (SSSR count). The maximum atomic E-state index is 13.8. The Morgan fingerprint density at radius 2 is 1.65 bits per heavy atom. The van der Waals surface area contributed by atoms with Crippen molar-refractivity contribution in [3.05, 3.63) is 70.5 Å². The number of aromatic nitrogens is 2. The molecule has 0 aliphatic carbocycles. The van der Waals surface area contributed by atoms with Gasteiger partial charge in [0.25, 0.3) is 11.8 Å². The lowest BCUT2D eigenvalue weighted by molar-refractivity contribution is 0.0698. The fourth-order valence-electron chi connectivity index (χ4n) is 3.71. The average molecular weight is 424 g/mol. The van der Waals surface area contributed by atoms with Gasteiger partial charge in [0.15, 0.2) is 0 Å². The standard InChI is InChI=1S/C23H22F2N4O2/c1-13-14(2)27-21-11-15(3-6-20(21)26-13)23(31)29-9-7-17(8-10-29)28-22(30)18-5-4-16(24)12-19(18)25/h3-6,11-12,17H,7-10H2,1-2H3,(H,28,30). The van der Waals surface area contributed by atoms with Crippen molar-refractivity contribution >= 4 is 22.8 Å². The molecule has 0 radical (unpaired) electrons. The van der Waals surface area contributed by atoms with Crippen LogP contribution in [-0.4, -0.2) is 45.8 Å². The van der Waals surface area contributed by atoms with Gasteiger partial charge in [-0.25, -0.2) is 18.7 Å². The van der Waals surface area contributed by atoms with Crippen LogP contribution in [0.1, 0.15) is 44.9 Å². The Hall–Kier alpha value is -3.42. The molecule has 1 saturated heterocycles. The maximum Gasteiger partial charge on any atom is 0.254 e. The highest BCUT2D eigenvalue weighted by molar-refractivity contribution is 5.97. The summed E-state index contributed by atoms with van der Waals surface area (Å²) in [5.41, 5.74) is 3.46. The number of halogens is 2. The summed E-state index contributed by atoms with van der Waals surface area (Å²) in [6, 6.07) is 7.98. The molecule has 0 bridgehead atoms. The van der Waals surface area contributed by atoms with Crippen LogP contribution in [0.3, 0.4) is 0 Å². The number of likely N-dealkylation sites (tertiary alicyclic amines) is 1. The SMILES string of the molecule is Cc1nc2ccc(C(=O)N3CCC(NC(=O)c4ccc(F)cc4F)CC3)cc2nc1C. The lowest BCUT2D eigenvalue weighted by atomic mass is 10.0. The zero-order valence-corrected chi connectivity index (χ0v) is 17.3. The number of amides is 2. The van der Waals surface area contributed by atoms with E-state index < -0.39 is 17.5 Å². The molecule has 1 aliphatic heterocycles. The summed E-state index contributed by atoms with van der Waals surface area (Å²) in [5, 5.41) is 2.77. The van der Waals surface area contributed by atoms with Crippen molar-refractivity contribution in [2.24, 2.45) is 0 Å².